The van der Waals surface area contributed by atoms with Crippen LogP contribution in [0.3, 0.4) is 0 Å². The van der Waals surface area contributed by atoms with Gasteiger partial charge in [0.25, 0.3) is 5.91 Å². The molecule has 0 spiro atoms. The van der Waals surface area contributed by atoms with Crippen LogP contribution in [0.4, 0.5) is 0 Å². The Balaban J connectivity index is 1.87. The summed E-state index contributed by atoms with van der Waals surface area (Å²) in [5.74, 6) is 0.515. The van der Waals surface area contributed by atoms with Gasteiger partial charge in [0.2, 0.25) is 5.91 Å². The number of hydrogen-bond donors (Lipinski definition) is 1. The fourth-order valence-corrected chi connectivity index (χ4v) is 4.31. The van der Waals surface area contributed by atoms with Crippen molar-refractivity contribution in [3.63, 3.8) is 0 Å². The predicted octanol–water partition coefficient (Wildman–Crippen LogP) is 6.54. The first-order valence-electron chi connectivity index (χ1n) is 13.1. The molecular weight excluding hydrogens is 540 g/mol. The average Bonchev–Trinajstić information content (AvgIpc) is 2.89. The van der Waals surface area contributed by atoms with Crippen LogP contribution in [0.25, 0.3) is 0 Å². The first kappa shape index (κ1) is 29.4. The molecule has 0 aliphatic rings. The standard InChI is InChI=1S/C32H39BrN2O3/c1-23(2)20-34-31(37)29(19-24-9-7-6-8-10-24)35(21-25-11-15-27(33)16-12-25)30(36)22-38-28-17-13-26(14-18-28)32(3,4)5/h6-18,23,29H,19-22H2,1-5H3,(H,34,37)/t29-/m1/s1. The number of carbonyl (C=O) groups excluding carboxylic acids is 2. The molecule has 6 heteroatoms. The predicted molar refractivity (Wildman–Crippen MR) is 157 cm³/mol. The van der Waals surface area contributed by atoms with E-state index < -0.39 is 6.04 Å². The first-order valence-corrected chi connectivity index (χ1v) is 13.9. The van der Waals surface area contributed by atoms with Gasteiger partial charge in [0, 0.05) is 24.0 Å². The molecule has 0 unspecified atom stereocenters. The van der Waals surface area contributed by atoms with E-state index in [0.29, 0.717) is 31.2 Å². The van der Waals surface area contributed by atoms with Crippen LogP contribution in [0.5, 0.6) is 5.75 Å². The summed E-state index contributed by atoms with van der Waals surface area (Å²) in [4.78, 5) is 28.8. The van der Waals surface area contributed by atoms with Gasteiger partial charge in [0.05, 0.1) is 0 Å². The highest BCUT2D eigenvalue weighted by atomic mass is 79.9. The second-order valence-corrected chi connectivity index (χ2v) is 12.0. The molecule has 3 aromatic rings. The van der Waals surface area contributed by atoms with E-state index >= 15 is 0 Å². The molecule has 1 N–H and O–H groups in total. The zero-order valence-electron chi connectivity index (χ0n) is 23.0. The molecule has 0 saturated carbocycles. The van der Waals surface area contributed by atoms with Crippen molar-refractivity contribution in [1.29, 1.82) is 0 Å². The molecule has 0 bridgehead atoms. The van der Waals surface area contributed by atoms with Crippen LogP contribution in [-0.2, 0) is 28.0 Å². The maximum atomic E-state index is 13.7. The van der Waals surface area contributed by atoms with Gasteiger partial charge < -0.3 is 15.0 Å². The van der Waals surface area contributed by atoms with Crippen molar-refractivity contribution in [3.8, 4) is 5.75 Å². The Labute approximate surface area is 235 Å². The van der Waals surface area contributed by atoms with E-state index in [2.05, 4.69) is 55.9 Å². The molecule has 2 amide bonds. The third-order valence-corrected chi connectivity index (χ3v) is 6.83. The lowest BCUT2D eigenvalue weighted by Gasteiger charge is -2.31. The molecule has 3 aromatic carbocycles. The number of rotatable bonds is 11. The third-order valence-electron chi connectivity index (χ3n) is 6.30. The normalized spacial score (nSPS) is 12.2. The maximum Gasteiger partial charge on any atom is 0.261 e. The lowest BCUT2D eigenvalue weighted by molar-refractivity contribution is -0.142. The fourth-order valence-electron chi connectivity index (χ4n) is 4.04. The monoisotopic (exact) mass is 578 g/mol. The van der Waals surface area contributed by atoms with Gasteiger partial charge in [-0.3, -0.25) is 9.59 Å². The Bertz CT molecular complexity index is 1170. The van der Waals surface area contributed by atoms with Crippen molar-refractivity contribution in [2.24, 2.45) is 5.92 Å². The summed E-state index contributed by atoms with van der Waals surface area (Å²) in [5, 5.41) is 3.05. The van der Waals surface area contributed by atoms with E-state index in [4.69, 9.17) is 4.74 Å². The second-order valence-electron chi connectivity index (χ2n) is 11.1. The largest absolute Gasteiger partial charge is 0.484 e. The third kappa shape index (κ3) is 9.02. The van der Waals surface area contributed by atoms with Crippen molar-refractivity contribution < 1.29 is 14.3 Å². The number of amides is 2. The van der Waals surface area contributed by atoms with Crippen molar-refractivity contribution in [3.05, 3.63) is 100 Å². The fraction of sp³-hybridized carbons (Fsp3) is 0.375. The molecule has 3 rings (SSSR count). The highest BCUT2D eigenvalue weighted by Crippen LogP contribution is 2.24. The van der Waals surface area contributed by atoms with Crippen molar-refractivity contribution >= 4 is 27.7 Å². The number of halogens is 1. The molecule has 0 radical (unpaired) electrons. The van der Waals surface area contributed by atoms with Gasteiger partial charge in [-0.1, -0.05) is 105 Å². The summed E-state index contributed by atoms with van der Waals surface area (Å²) >= 11 is 3.47. The Hall–Kier alpha value is -3.12. The quantitative estimate of drug-likeness (QED) is 0.281. The zero-order chi connectivity index (χ0) is 27.7. The van der Waals surface area contributed by atoms with E-state index in [9.17, 15) is 9.59 Å². The molecule has 0 aromatic heterocycles. The van der Waals surface area contributed by atoms with Gasteiger partial charge in [-0.05, 0) is 52.3 Å². The first-order chi connectivity index (χ1) is 18.0. The van der Waals surface area contributed by atoms with Gasteiger partial charge in [0.1, 0.15) is 11.8 Å². The summed E-state index contributed by atoms with van der Waals surface area (Å²) < 4.78 is 6.88. The van der Waals surface area contributed by atoms with Crippen molar-refractivity contribution in [1.82, 2.24) is 10.2 Å². The summed E-state index contributed by atoms with van der Waals surface area (Å²) in [5.41, 5.74) is 3.15. The van der Waals surface area contributed by atoms with E-state index in [0.717, 1.165) is 15.6 Å². The maximum absolute atomic E-state index is 13.7. The molecule has 0 heterocycles. The van der Waals surface area contributed by atoms with Crippen LogP contribution in [0.15, 0.2) is 83.3 Å². The van der Waals surface area contributed by atoms with Crippen LogP contribution in [0, 0.1) is 5.92 Å². The molecule has 0 aliphatic carbocycles. The van der Waals surface area contributed by atoms with Gasteiger partial charge in [-0.2, -0.15) is 0 Å². The minimum Gasteiger partial charge on any atom is -0.484 e. The van der Waals surface area contributed by atoms with Crippen LogP contribution in [-0.4, -0.2) is 35.9 Å². The molecule has 5 nitrogen and oxygen atoms in total. The van der Waals surface area contributed by atoms with E-state index in [-0.39, 0.29) is 23.8 Å². The Morgan fingerprint density at radius 2 is 1.53 bits per heavy atom. The van der Waals surface area contributed by atoms with Crippen LogP contribution < -0.4 is 10.1 Å². The number of benzene rings is 3. The SMILES string of the molecule is CC(C)CNC(=O)[C@@H](Cc1ccccc1)N(Cc1ccc(Br)cc1)C(=O)COc1ccc(C(C)(C)C)cc1. The molecular formula is C32H39BrN2O3. The summed E-state index contributed by atoms with van der Waals surface area (Å²) in [6.45, 7) is 11.3. The summed E-state index contributed by atoms with van der Waals surface area (Å²) in [6.07, 6.45) is 0.410. The molecule has 202 valence electrons. The van der Waals surface area contributed by atoms with Gasteiger partial charge in [0.15, 0.2) is 6.61 Å². The Morgan fingerprint density at radius 3 is 2.11 bits per heavy atom. The second kappa shape index (κ2) is 13.6. The number of nitrogens with one attached hydrogen (secondary N) is 1. The van der Waals surface area contributed by atoms with Gasteiger partial charge in [-0.15, -0.1) is 0 Å². The lowest BCUT2D eigenvalue weighted by Crippen LogP contribution is -2.52. The van der Waals surface area contributed by atoms with Gasteiger partial charge in [-0.25, -0.2) is 0 Å². The minimum absolute atomic E-state index is 0.0316. The minimum atomic E-state index is -0.681. The summed E-state index contributed by atoms with van der Waals surface area (Å²) in [7, 11) is 0. The number of ether oxygens (including phenoxy) is 1. The molecule has 1 atom stereocenters. The van der Waals surface area contributed by atoms with Crippen LogP contribution in [0.1, 0.15) is 51.3 Å². The van der Waals surface area contributed by atoms with Crippen LogP contribution >= 0.6 is 15.9 Å². The molecule has 0 fully saturated rings. The summed E-state index contributed by atoms with van der Waals surface area (Å²) in [6, 6.07) is 24.8. The van der Waals surface area contributed by atoms with E-state index in [1.54, 1.807) is 4.90 Å². The smallest absolute Gasteiger partial charge is 0.261 e. The molecule has 0 aliphatic heterocycles. The average molecular weight is 580 g/mol. The van der Waals surface area contributed by atoms with Crippen molar-refractivity contribution in [2.75, 3.05) is 13.2 Å². The highest BCUT2D eigenvalue weighted by molar-refractivity contribution is 9.10. The van der Waals surface area contributed by atoms with E-state index in [1.165, 1.54) is 5.56 Å². The lowest BCUT2D eigenvalue weighted by atomic mass is 9.87. The number of carbonyl (C=O) groups is 2. The van der Waals surface area contributed by atoms with Crippen LogP contribution in [0.2, 0.25) is 0 Å². The Morgan fingerprint density at radius 1 is 0.895 bits per heavy atom. The number of hydrogen-bond acceptors (Lipinski definition) is 3. The Kier molecular flexibility index (Phi) is 10.5. The van der Waals surface area contributed by atoms with Gasteiger partial charge >= 0.3 is 0 Å². The number of nitrogens with zero attached hydrogens (tertiary/aromatic N) is 1. The topological polar surface area (TPSA) is 58.6 Å². The van der Waals surface area contributed by atoms with Crippen molar-refractivity contribution in [2.45, 2.75) is 59.0 Å². The molecule has 38 heavy (non-hydrogen) atoms. The zero-order valence-corrected chi connectivity index (χ0v) is 24.6. The van der Waals surface area contributed by atoms with E-state index in [1.807, 2.05) is 78.9 Å². The molecule has 0 saturated heterocycles. The highest BCUT2D eigenvalue weighted by Gasteiger charge is 2.30.